The molecule has 0 saturated carbocycles. The lowest BCUT2D eigenvalue weighted by molar-refractivity contribution is -2.00. The summed E-state index contributed by atoms with van der Waals surface area (Å²) >= 11 is 12.9. The largest absolute Gasteiger partial charge is 0.344 e. The Morgan fingerprint density at radius 1 is 0.604 bits per heavy atom. The fourth-order valence-corrected chi connectivity index (χ4v) is 6.11. The highest BCUT2D eigenvalue weighted by atomic mass is 35.7. The Balaban J connectivity index is 0.000000700. The van der Waals surface area contributed by atoms with Gasteiger partial charge in [-0.2, -0.15) is 0 Å². The smallest absolute Gasteiger partial charge is 0.164 e. The van der Waals surface area contributed by atoms with E-state index in [1.807, 2.05) is 12.1 Å². The molecule has 2 aliphatic rings. The number of allylic oxidation sites excluding steroid dienone is 4. The van der Waals surface area contributed by atoms with Crippen molar-refractivity contribution in [1.29, 1.82) is 0 Å². The van der Waals surface area contributed by atoms with Gasteiger partial charge >= 0.3 is 0 Å². The third-order valence-corrected chi connectivity index (χ3v) is 8.25. The number of benzene rings is 2. The van der Waals surface area contributed by atoms with E-state index in [1.54, 1.807) is 0 Å². The van der Waals surface area contributed by atoms with Gasteiger partial charge < -0.3 is 9.80 Å². The first kappa shape index (κ1) is 41.9. The van der Waals surface area contributed by atoms with Gasteiger partial charge in [-0.25, -0.2) is 46.4 Å². The molecule has 0 atom stereocenters. The molecule has 0 saturated heterocycles. The average Bonchev–Trinajstić information content (AvgIpc) is 3.23. The van der Waals surface area contributed by atoms with Gasteiger partial charge in [0.2, 0.25) is 0 Å². The maximum Gasteiger partial charge on any atom is 0.164 e. The van der Waals surface area contributed by atoms with Crippen molar-refractivity contribution in [3.8, 4) is 0 Å². The zero-order valence-electron chi connectivity index (χ0n) is 28.2. The molecule has 48 heavy (non-hydrogen) atoms. The molecule has 0 amide bonds. The Kier molecular flexibility index (Phi) is 14.5. The number of anilines is 2. The van der Waals surface area contributed by atoms with E-state index in [1.165, 1.54) is 33.9 Å². The first-order valence-corrected chi connectivity index (χ1v) is 17.9. The zero-order chi connectivity index (χ0) is 36.8. The molecule has 0 bridgehead atoms. The molecule has 16 heteroatoms. The van der Waals surface area contributed by atoms with Gasteiger partial charge in [0.1, 0.15) is 28.2 Å². The molecular formula is C32H42Cl4N4O8. The highest BCUT2D eigenvalue weighted by molar-refractivity contribution is 6.31. The van der Waals surface area contributed by atoms with Gasteiger partial charge in [-0.1, -0.05) is 63.0 Å². The molecule has 0 spiro atoms. The highest BCUT2D eigenvalue weighted by Crippen LogP contribution is 2.50. The van der Waals surface area contributed by atoms with Crippen LogP contribution in [0.1, 0.15) is 51.7 Å². The Labute approximate surface area is 296 Å². The fourth-order valence-electron chi connectivity index (χ4n) is 5.78. The summed E-state index contributed by atoms with van der Waals surface area (Å²) in [4.78, 5) is 4.94. The molecule has 0 unspecified atom stereocenters. The fraction of sp³-hybridized carbons (Fsp3) is 0.438. The summed E-state index contributed by atoms with van der Waals surface area (Å²) in [5.41, 5.74) is 7.55. The van der Waals surface area contributed by atoms with Crippen LogP contribution in [0.5, 0.6) is 0 Å². The van der Waals surface area contributed by atoms with Crippen LogP contribution in [0.2, 0.25) is 10.0 Å². The minimum atomic E-state index is -4.94. The monoisotopic (exact) mass is 750 g/mol. The summed E-state index contributed by atoms with van der Waals surface area (Å²) in [5.74, 6) is 0. The van der Waals surface area contributed by atoms with Gasteiger partial charge in [-0.15, -0.1) is 20.5 Å². The normalized spacial score (nSPS) is 17.6. The van der Waals surface area contributed by atoms with Gasteiger partial charge in [0, 0.05) is 68.9 Å². The second-order valence-corrected chi connectivity index (χ2v) is 15.1. The van der Waals surface area contributed by atoms with Crippen LogP contribution in [-0.2, 0) is 10.8 Å². The predicted molar refractivity (Wildman–Crippen MR) is 165 cm³/mol. The number of halogens is 4. The minimum Gasteiger partial charge on any atom is -0.344 e. The van der Waals surface area contributed by atoms with Gasteiger partial charge in [0.15, 0.2) is 12.4 Å². The molecule has 0 aromatic heterocycles. The van der Waals surface area contributed by atoms with Crippen molar-refractivity contribution in [1.82, 2.24) is 0 Å². The van der Waals surface area contributed by atoms with Crippen LogP contribution in [0, 0.1) is 20.5 Å². The van der Waals surface area contributed by atoms with Crippen LogP contribution in [0.25, 0.3) is 0 Å². The second-order valence-electron chi connectivity index (χ2n) is 12.7. The number of hydrogen-bond acceptors (Lipinski definition) is 10. The third kappa shape index (κ3) is 12.2. The minimum absolute atomic E-state index is 0.0843. The lowest BCUT2D eigenvalue weighted by Gasteiger charge is -2.28. The van der Waals surface area contributed by atoms with Crippen molar-refractivity contribution < 1.29 is 66.9 Å². The van der Waals surface area contributed by atoms with Crippen LogP contribution in [0.15, 0.2) is 59.9 Å². The van der Waals surface area contributed by atoms with Crippen molar-refractivity contribution >= 4 is 47.0 Å². The van der Waals surface area contributed by atoms with Crippen LogP contribution in [-0.4, -0.2) is 62.9 Å². The Bertz CT molecular complexity index is 1430. The van der Waals surface area contributed by atoms with Gasteiger partial charge in [0.25, 0.3) is 0 Å². The molecule has 0 radical (unpaired) electrons. The van der Waals surface area contributed by atoms with Crippen LogP contribution in [0.3, 0.4) is 0 Å². The van der Waals surface area contributed by atoms with E-state index in [4.69, 9.17) is 60.5 Å². The summed E-state index contributed by atoms with van der Waals surface area (Å²) < 4.78 is 72.1. The molecule has 0 N–H and O–H groups in total. The van der Waals surface area contributed by atoms with E-state index in [2.05, 4.69) is 124 Å². The topological polar surface area (TPSA) is 197 Å². The maximum atomic E-state index is 8.49. The van der Waals surface area contributed by atoms with Crippen molar-refractivity contribution in [2.45, 2.75) is 51.4 Å². The molecule has 2 heterocycles. The predicted octanol–water partition coefficient (Wildman–Crippen LogP) is -2.39. The molecular weight excluding hydrogens is 710 g/mol. The van der Waals surface area contributed by atoms with Crippen molar-refractivity contribution in [2.75, 3.05) is 51.1 Å². The third-order valence-electron chi connectivity index (χ3n) is 7.78. The van der Waals surface area contributed by atoms with Crippen molar-refractivity contribution in [3.63, 3.8) is 0 Å². The molecule has 4 rings (SSSR count). The maximum absolute atomic E-state index is 8.49. The number of fused-ring (bicyclic) bond motifs is 2. The van der Waals surface area contributed by atoms with E-state index < -0.39 is 20.5 Å². The van der Waals surface area contributed by atoms with Crippen LogP contribution >= 0.6 is 23.2 Å². The van der Waals surface area contributed by atoms with Gasteiger partial charge in [0.05, 0.1) is 0 Å². The van der Waals surface area contributed by atoms with Crippen LogP contribution in [0.4, 0.5) is 11.4 Å². The van der Waals surface area contributed by atoms with E-state index in [-0.39, 0.29) is 10.8 Å². The Hall–Kier alpha value is -2.30. The first-order valence-electron chi connectivity index (χ1n) is 14.7. The standard InChI is InChI=1S/C32H42Cl2N4.2ClHO4/c1-31(2)25-13-11-23(33)21-27(25)37(29(31)15-19-35(5)6)17-9-10-18-38-28-22-24(34)12-14-26(28)32(3,4)30(38)16-20-36(7)8;2*2-1(3,4)5/h11-16,19-22H,9-10,17-18H2,1-8H3;2*(H,2,3,4,5)/q+2;;/p-2. The molecule has 266 valence electrons. The Morgan fingerprint density at radius 3 is 1.17 bits per heavy atom. The molecule has 12 nitrogen and oxygen atoms in total. The van der Waals surface area contributed by atoms with E-state index in [9.17, 15) is 0 Å². The first-order chi connectivity index (χ1) is 21.8. The summed E-state index contributed by atoms with van der Waals surface area (Å²) in [5, 5.41) is 1.56. The summed E-state index contributed by atoms with van der Waals surface area (Å²) in [6, 6.07) is 12.6. The molecule has 0 aliphatic carbocycles. The molecule has 2 aromatic carbocycles. The molecule has 0 fully saturated rings. The number of hydrogen-bond donors (Lipinski definition) is 0. The number of unbranched alkanes of at least 4 members (excludes halogenated alkanes) is 1. The van der Waals surface area contributed by atoms with Crippen molar-refractivity contribution in [2.24, 2.45) is 0 Å². The number of rotatable bonds is 7. The lowest BCUT2D eigenvalue weighted by Crippen LogP contribution is -2.68. The van der Waals surface area contributed by atoms with E-state index in [0.717, 1.165) is 36.0 Å². The van der Waals surface area contributed by atoms with E-state index >= 15 is 0 Å². The molecule has 2 aliphatic heterocycles. The van der Waals surface area contributed by atoms with Gasteiger partial charge in [-0.3, -0.25) is 0 Å². The Morgan fingerprint density at radius 2 is 0.896 bits per heavy atom. The van der Waals surface area contributed by atoms with E-state index in [0.29, 0.717) is 0 Å². The van der Waals surface area contributed by atoms with Crippen molar-refractivity contribution in [3.05, 3.63) is 81.1 Å². The lowest BCUT2D eigenvalue weighted by atomic mass is 9.84. The highest BCUT2D eigenvalue weighted by Gasteiger charge is 2.41. The second kappa shape index (κ2) is 16.6. The van der Waals surface area contributed by atoms with Crippen LogP contribution < -0.4 is 47.1 Å². The zero-order valence-corrected chi connectivity index (χ0v) is 31.2. The van der Waals surface area contributed by atoms with Gasteiger partial charge in [-0.05, 0) is 48.2 Å². The SMILES string of the molecule is C[N+](C)=CC=C1N(CCCCN2C(=CC=[N+](C)C)C(C)(C)c3ccc(Cl)cc32)c2cc(Cl)ccc2C1(C)C.[O-][Cl+3]([O-])([O-])[O-].[O-][Cl+3]([O-])([O-])[O-]. The summed E-state index contributed by atoms with van der Waals surface area (Å²) in [6.45, 7) is 11.1. The quantitative estimate of drug-likeness (QED) is 0.167. The summed E-state index contributed by atoms with van der Waals surface area (Å²) in [6.07, 6.45) is 10.9. The average molecular weight is 753 g/mol. The number of nitrogens with zero attached hydrogens (tertiary/aromatic N) is 4. The molecule has 2 aromatic rings. The summed E-state index contributed by atoms with van der Waals surface area (Å²) in [7, 11) is -1.64.